The summed E-state index contributed by atoms with van der Waals surface area (Å²) in [5, 5.41) is 4.36. The van der Waals surface area contributed by atoms with Crippen molar-refractivity contribution in [2.45, 2.75) is 33.7 Å². The van der Waals surface area contributed by atoms with Crippen LogP contribution in [0.2, 0.25) is 0 Å². The van der Waals surface area contributed by atoms with Gasteiger partial charge in [-0.05, 0) is 18.9 Å². The van der Waals surface area contributed by atoms with Gasteiger partial charge in [-0.2, -0.15) is 0 Å². The molecule has 0 saturated heterocycles. The Morgan fingerprint density at radius 3 is 2.57 bits per heavy atom. The van der Waals surface area contributed by atoms with Crippen LogP contribution in [0.25, 0.3) is 5.32 Å². The molecule has 1 nitrogen and oxygen atoms in total. The van der Waals surface area contributed by atoms with Crippen molar-refractivity contribution in [1.29, 1.82) is 0 Å². The van der Waals surface area contributed by atoms with Gasteiger partial charge in [-0.3, -0.25) is 0 Å². The minimum atomic E-state index is 0. The molecule has 0 unspecified atom stereocenters. The average molecular weight is 262 g/mol. The SMILES string of the molecule is CC.Cc1ccc2c(c1)C[N-]CC2.[Rb+]. The predicted molar refractivity (Wildman–Crippen MR) is 58.2 cm³/mol. The normalized spacial score (nSPS) is 13.1. The van der Waals surface area contributed by atoms with E-state index in [2.05, 4.69) is 30.4 Å². The van der Waals surface area contributed by atoms with E-state index in [1.807, 2.05) is 13.8 Å². The molecule has 14 heavy (non-hydrogen) atoms. The molecule has 0 radical (unpaired) electrons. The predicted octanol–water partition coefficient (Wildman–Crippen LogP) is 0.455. The van der Waals surface area contributed by atoms with Crippen LogP contribution in [0.1, 0.15) is 30.5 Å². The van der Waals surface area contributed by atoms with Crippen LogP contribution in [0.15, 0.2) is 18.2 Å². The van der Waals surface area contributed by atoms with Gasteiger partial charge in [0.1, 0.15) is 0 Å². The maximum atomic E-state index is 4.36. The van der Waals surface area contributed by atoms with Gasteiger partial charge < -0.3 is 5.32 Å². The first-order valence-electron chi connectivity index (χ1n) is 5.08. The minimum absolute atomic E-state index is 0. The molecule has 2 rings (SSSR count). The number of hydrogen-bond acceptors (Lipinski definition) is 0. The second-order valence-electron chi connectivity index (χ2n) is 3.13. The van der Waals surface area contributed by atoms with Crippen LogP contribution in [0.3, 0.4) is 0 Å². The van der Waals surface area contributed by atoms with Crippen molar-refractivity contribution < 1.29 is 58.2 Å². The zero-order valence-corrected chi connectivity index (χ0v) is 14.7. The molecule has 0 aliphatic carbocycles. The fraction of sp³-hybridized carbons (Fsp3) is 0.500. The van der Waals surface area contributed by atoms with Crippen molar-refractivity contribution in [2.24, 2.45) is 0 Å². The molecule has 72 valence electrons. The second-order valence-corrected chi connectivity index (χ2v) is 3.13. The van der Waals surface area contributed by atoms with Crippen molar-refractivity contribution >= 4 is 0 Å². The smallest absolute Gasteiger partial charge is 0.658 e. The number of benzene rings is 1. The number of fused-ring (bicyclic) bond motifs is 1. The van der Waals surface area contributed by atoms with Crippen molar-refractivity contribution in [3.8, 4) is 0 Å². The summed E-state index contributed by atoms with van der Waals surface area (Å²) >= 11 is 0. The molecule has 0 N–H and O–H groups in total. The maximum absolute atomic E-state index is 4.36. The summed E-state index contributed by atoms with van der Waals surface area (Å²) in [6.07, 6.45) is 1.13. The van der Waals surface area contributed by atoms with E-state index in [-0.39, 0.29) is 58.2 Å². The molecule has 0 amide bonds. The Morgan fingerprint density at radius 2 is 1.86 bits per heavy atom. The third-order valence-electron chi connectivity index (χ3n) is 2.18. The van der Waals surface area contributed by atoms with Gasteiger partial charge in [-0.25, -0.2) is 0 Å². The van der Waals surface area contributed by atoms with E-state index in [4.69, 9.17) is 0 Å². The quantitative estimate of drug-likeness (QED) is 0.644. The van der Waals surface area contributed by atoms with Crippen LogP contribution in [0.4, 0.5) is 0 Å². The molecule has 1 heterocycles. The first-order chi connectivity index (χ1) is 6.36. The van der Waals surface area contributed by atoms with Crippen LogP contribution >= 0.6 is 0 Å². The molecular formula is C12H18NRb. The van der Waals surface area contributed by atoms with Gasteiger partial charge in [0, 0.05) is 0 Å². The van der Waals surface area contributed by atoms with Crippen LogP contribution in [-0.4, -0.2) is 6.54 Å². The zero-order chi connectivity index (χ0) is 9.68. The van der Waals surface area contributed by atoms with E-state index in [1.165, 1.54) is 16.7 Å². The van der Waals surface area contributed by atoms with Gasteiger partial charge in [-0.1, -0.05) is 43.2 Å². The van der Waals surface area contributed by atoms with Crippen molar-refractivity contribution in [2.75, 3.05) is 6.54 Å². The van der Waals surface area contributed by atoms with E-state index in [1.54, 1.807) is 0 Å². The van der Waals surface area contributed by atoms with Crippen molar-refractivity contribution in [1.82, 2.24) is 0 Å². The summed E-state index contributed by atoms with van der Waals surface area (Å²) in [6.45, 7) is 8.07. The van der Waals surface area contributed by atoms with Gasteiger partial charge in [0.05, 0.1) is 0 Å². The average Bonchev–Trinajstić information content (AvgIpc) is 2.21. The number of rotatable bonds is 0. The molecule has 0 spiro atoms. The Kier molecular flexibility index (Phi) is 8.75. The minimum Gasteiger partial charge on any atom is -0.658 e. The van der Waals surface area contributed by atoms with Gasteiger partial charge in [0.25, 0.3) is 0 Å². The molecular weight excluding hydrogens is 244 g/mol. The fourth-order valence-electron chi connectivity index (χ4n) is 1.54. The van der Waals surface area contributed by atoms with Gasteiger partial charge >= 0.3 is 58.2 Å². The third kappa shape index (κ3) is 4.24. The van der Waals surface area contributed by atoms with Crippen LogP contribution in [0, 0.1) is 6.92 Å². The maximum Gasteiger partial charge on any atom is 1.00 e. The zero-order valence-electron chi connectivity index (χ0n) is 9.80. The Morgan fingerprint density at radius 1 is 1.14 bits per heavy atom. The van der Waals surface area contributed by atoms with E-state index in [9.17, 15) is 0 Å². The number of aryl methyl sites for hydroxylation is 1. The van der Waals surface area contributed by atoms with Crippen LogP contribution in [-0.2, 0) is 13.0 Å². The standard InChI is InChI=1S/C10H12N.C2H6.Rb/c1-8-2-3-9-4-5-11-7-10(9)6-8;1-2;/h2-3,6H,4-5,7H2,1H3;1-2H3;/q-1;;+1. The molecule has 0 bridgehead atoms. The summed E-state index contributed by atoms with van der Waals surface area (Å²) < 4.78 is 0. The summed E-state index contributed by atoms with van der Waals surface area (Å²) in [7, 11) is 0. The first-order valence-corrected chi connectivity index (χ1v) is 5.08. The summed E-state index contributed by atoms with van der Waals surface area (Å²) in [5.41, 5.74) is 4.27. The first kappa shape index (κ1) is 15.0. The third-order valence-corrected chi connectivity index (χ3v) is 2.18. The molecule has 1 aliphatic rings. The van der Waals surface area contributed by atoms with Gasteiger partial charge in [0.15, 0.2) is 0 Å². The molecule has 1 aromatic rings. The Hall–Kier alpha value is 0.985. The van der Waals surface area contributed by atoms with E-state index in [0.717, 1.165) is 19.5 Å². The second kappa shape index (κ2) is 8.17. The molecule has 0 fully saturated rings. The fourth-order valence-corrected chi connectivity index (χ4v) is 1.54. The molecule has 1 aliphatic heterocycles. The largest absolute Gasteiger partial charge is 1.00 e. The topological polar surface area (TPSA) is 14.1 Å². The Balaban J connectivity index is 0.000000531. The number of nitrogens with zero attached hydrogens (tertiary/aromatic N) is 1. The molecule has 0 atom stereocenters. The molecule has 1 aromatic carbocycles. The molecule has 2 heteroatoms. The summed E-state index contributed by atoms with van der Waals surface area (Å²) in [5.74, 6) is 0. The summed E-state index contributed by atoms with van der Waals surface area (Å²) in [4.78, 5) is 0. The van der Waals surface area contributed by atoms with Crippen LogP contribution in [0.5, 0.6) is 0 Å². The monoisotopic (exact) mass is 261 g/mol. The van der Waals surface area contributed by atoms with E-state index < -0.39 is 0 Å². The van der Waals surface area contributed by atoms with Gasteiger partial charge in [0.2, 0.25) is 0 Å². The van der Waals surface area contributed by atoms with E-state index in [0.29, 0.717) is 0 Å². The van der Waals surface area contributed by atoms with Gasteiger partial charge in [-0.15, -0.1) is 13.1 Å². The van der Waals surface area contributed by atoms with Crippen molar-refractivity contribution in [3.05, 3.63) is 40.2 Å². The van der Waals surface area contributed by atoms with E-state index >= 15 is 0 Å². The summed E-state index contributed by atoms with van der Waals surface area (Å²) in [6, 6.07) is 6.67. The molecule has 0 aromatic heterocycles. The Bertz CT molecular complexity index is 271. The number of hydrogen-bond donors (Lipinski definition) is 0. The molecule has 0 saturated carbocycles. The van der Waals surface area contributed by atoms with Crippen LogP contribution < -0.4 is 58.2 Å². The van der Waals surface area contributed by atoms with Crippen molar-refractivity contribution in [3.63, 3.8) is 0 Å². The Labute approximate surface area is 136 Å².